The lowest BCUT2D eigenvalue weighted by Crippen LogP contribution is -2.49. The van der Waals surface area contributed by atoms with E-state index in [1.807, 2.05) is 31.2 Å². The number of ether oxygens (including phenoxy) is 1. The molecule has 0 aromatic heterocycles. The van der Waals surface area contributed by atoms with Gasteiger partial charge in [-0.25, -0.2) is 0 Å². The number of hydrogen-bond donors (Lipinski definition) is 1. The number of para-hydroxylation sites is 1. The number of aliphatic hydroxyl groups is 1. The molecule has 0 saturated carbocycles. The number of hydrogen-bond acceptors (Lipinski definition) is 4. The molecule has 1 aliphatic rings. The van der Waals surface area contributed by atoms with E-state index in [0.29, 0.717) is 11.6 Å². The third-order valence-electron chi connectivity index (χ3n) is 3.91. The third-order valence-corrected chi connectivity index (χ3v) is 4.22. The molecule has 0 spiro atoms. The number of nitrogens with zero attached hydrogens (tertiary/aromatic N) is 2. The van der Waals surface area contributed by atoms with Crippen molar-refractivity contribution >= 4 is 11.6 Å². The molecule has 0 bridgehead atoms. The first-order chi connectivity index (χ1) is 10.2. The van der Waals surface area contributed by atoms with Gasteiger partial charge in [0, 0.05) is 39.3 Å². The van der Waals surface area contributed by atoms with Gasteiger partial charge in [0.2, 0.25) is 0 Å². The van der Waals surface area contributed by atoms with E-state index in [0.717, 1.165) is 51.4 Å². The van der Waals surface area contributed by atoms with Crippen LogP contribution in [-0.4, -0.2) is 66.9 Å². The number of β-amino-alcohol motifs (C(OH)–C–C–N with tert-alkyl or cyclic N) is 1. The highest BCUT2D eigenvalue weighted by molar-refractivity contribution is 6.32. The van der Waals surface area contributed by atoms with Gasteiger partial charge in [-0.05, 0) is 18.6 Å². The van der Waals surface area contributed by atoms with Gasteiger partial charge < -0.3 is 9.84 Å². The summed E-state index contributed by atoms with van der Waals surface area (Å²) >= 11 is 6.06. The van der Waals surface area contributed by atoms with Crippen LogP contribution in [0.5, 0.6) is 5.75 Å². The van der Waals surface area contributed by atoms with E-state index in [9.17, 15) is 5.11 Å². The van der Waals surface area contributed by atoms with Crippen LogP contribution >= 0.6 is 11.6 Å². The van der Waals surface area contributed by atoms with E-state index in [1.165, 1.54) is 0 Å². The Balaban J connectivity index is 1.64. The molecule has 118 valence electrons. The van der Waals surface area contributed by atoms with Crippen molar-refractivity contribution in [2.24, 2.45) is 0 Å². The van der Waals surface area contributed by atoms with Gasteiger partial charge in [0.25, 0.3) is 0 Å². The Morgan fingerprint density at radius 1 is 1.19 bits per heavy atom. The molecule has 1 fully saturated rings. The van der Waals surface area contributed by atoms with Crippen LogP contribution in [-0.2, 0) is 0 Å². The molecular formula is C16H25ClN2O2. The standard InChI is InChI=1S/C16H25ClN2O2/c1-2-14(20)13-19-9-7-18(8-10-19)11-12-21-16-6-4-3-5-15(16)17/h3-6,14,20H,2,7-13H2,1H3. The normalized spacial score (nSPS) is 18.6. The summed E-state index contributed by atoms with van der Waals surface area (Å²) < 4.78 is 5.72. The molecule has 1 N–H and O–H groups in total. The summed E-state index contributed by atoms with van der Waals surface area (Å²) in [6.07, 6.45) is 0.631. The zero-order valence-corrected chi connectivity index (χ0v) is 13.4. The molecular weight excluding hydrogens is 288 g/mol. The Kier molecular flexibility index (Phi) is 6.77. The number of rotatable bonds is 7. The fraction of sp³-hybridized carbons (Fsp3) is 0.625. The highest BCUT2D eigenvalue weighted by Gasteiger charge is 2.18. The Morgan fingerprint density at radius 3 is 2.52 bits per heavy atom. The van der Waals surface area contributed by atoms with Crippen molar-refractivity contribution in [3.8, 4) is 5.75 Å². The zero-order chi connectivity index (χ0) is 15.1. The number of halogens is 1. The van der Waals surface area contributed by atoms with E-state index < -0.39 is 0 Å². The van der Waals surface area contributed by atoms with Crippen LogP contribution in [0.4, 0.5) is 0 Å². The van der Waals surface area contributed by atoms with Crippen molar-refractivity contribution in [1.82, 2.24) is 9.80 Å². The maximum absolute atomic E-state index is 9.68. The van der Waals surface area contributed by atoms with Gasteiger partial charge in [0.05, 0.1) is 11.1 Å². The fourth-order valence-corrected chi connectivity index (χ4v) is 2.66. The Morgan fingerprint density at radius 2 is 1.86 bits per heavy atom. The van der Waals surface area contributed by atoms with Crippen molar-refractivity contribution in [3.63, 3.8) is 0 Å². The lowest BCUT2D eigenvalue weighted by atomic mass is 10.2. The van der Waals surface area contributed by atoms with Crippen LogP contribution in [0.25, 0.3) is 0 Å². The lowest BCUT2D eigenvalue weighted by Gasteiger charge is -2.35. The highest BCUT2D eigenvalue weighted by Crippen LogP contribution is 2.22. The van der Waals surface area contributed by atoms with Crippen molar-refractivity contribution in [2.75, 3.05) is 45.9 Å². The van der Waals surface area contributed by atoms with E-state index in [1.54, 1.807) is 0 Å². The smallest absolute Gasteiger partial charge is 0.137 e. The molecule has 0 aliphatic carbocycles. The average Bonchev–Trinajstić information content (AvgIpc) is 2.51. The van der Waals surface area contributed by atoms with Gasteiger partial charge >= 0.3 is 0 Å². The molecule has 1 heterocycles. The zero-order valence-electron chi connectivity index (χ0n) is 12.7. The fourth-order valence-electron chi connectivity index (χ4n) is 2.47. The van der Waals surface area contributed by atoms with Crippen LogP contribution in [0.15, 0.2) is 24.3 Å². The van der Waals surface area contributed by atoms with Crippen LogP contribution in [0.3, 0.4) is 0 Å². The predicted molar refractivity (Wildman–Crippen MR) is 86.1 cm³/mol. The van der Waals surface area contributed by atoms with Crippen molar-refractivity contribution < 1.29 is 9.84 Å². The summed E-state index contributed by atoms with van der Waals surface area (Å²) in [7, 11) is 0. The van der Waals surface area contributed by atoms with Crippen LogP contribution in [0.2, 0.25) is 5.02 Å². The molecule has 1 saturated heterocycles. The topological polar surface area (TPSA) is 35.9 Å². The SMILES string of the molecule is CCC(O)CN1CCN(CCOc2ccccc2Cl)CC1. The molecule has 5 heteroatoms. The monoisotopic (exact) mass is 312 g/mol. The molecule has 4 nitrogen and oxygen atoms in total. The van der Waals surface area contributed by atoms with Gasteiger partial charge in [0.15, 0.2) is 0 Å². The highest BCUT2D eigenvalue weighted by atomic mass is 35.5. The van der Waals surface area contributed by atoms with Crippen LogP contribution in [0, 0.1) is 0 Å². The summed E-state index contributed by atoms with van der Waals surface area (Å²) in [6.45, 7) is 8.47. The summed E-state index contributed by atoms with van der Waals surface area (Å²) in [6, 6.07) is 7.57. The van der Waals surface area contributed by atoms with Gasteiger partial charge in [-0.15, -0.1) is 0 Å². The second-order valence-corrected chi connectivity index (χ2v) is 5.89. The molecule has 1 atom stereocenters. The van der Waals surface area contributed by atoms with Gasteiger partial charge in [-0.1, -0.05) is 30.7 Å². The van der Waals surface area contributed by atoms with E-state index >= 15 is 0 Å². The lowest BCUT2D eigenvalue weighted by molar-refractivity contribution is 0.0663. The van der Waals surface area contributed by atoms with Gasteiger partial charge in [-0.3, -0.25) is 9.80 Å². The molecule has 1 aromatic rings. The molecule has 2 rings (SSSR count). The quantitative estimate of drug-likeness (QED) is 0.836. The second kappa shape index (κ2) is 8.59. The Hall–Kier alpha value is -0.810. The molecule has 1 aromatic carbocycles. The maximum atomic E-state index is 9.68. The maximum Gasteiger partial charge on any atom is 0.137 e. The number of piperazine rings is 1. The summed E-state index contributed by atoms with van der Waals surface area (Å²) in [4.78, 5) is 4.73. The van der Waals surface area contributed by atoms with E-state index in [-0.39, 0.29) is 6.10 Å². The molecule has 0 radical (unpaired) electrons. The first kappa shape index (κ1) is 16.6. The molecule has 0 amide bonds. The number of benzene rings is 1. The predicted octanol–water partition coefficient (Wildman–Crippen LogP) is 2.11. The first-order valence-corrected chi connectivity index (χ1v) is 8.07. The Bertz CT molecular complexity index is 422. The molecule has 1 unspecified atom stereocenters. The van der Waals surface area contributed by atoms with Crippen molar-refractivity contribution in [3.05, 3.63) is 29.3 Å². The van der Waals surface area contributed by atoms with E-state index in [4.69, 9.17) is 16.3 Å². The second-order valence-electron chi connectivity index (χ2n) is 5.48. The van der Waals surface area contributed by atoms with Gasteiger partial charge in [0.1, 0.15) is 12.4 Å². The van der Waals surface area contributed by atoms with E-state index in [2.05, 4.69) is 9.80 Å². The van der Waals surface area contributed by atoms with Crippen LogP contribution < -0.4 is 4.74 Å². The minimum atomic E-state index is -0.194. The minimum absolute atomic E-state index is 0.194. The van der Waals surface area contributed by atoms with Crippen LogP contribution in [0.1, 0.15) is 13.3 Å². The molecule has 21 heavy (non-hydrogen) atoms. The molecule has 1 aliphatic heterocycles. The largest absolute Gasteiger partial charge is 0.491 e. The van der Waals surface area contributed by atoms with Crippen molar-refractivity contribution in [1.29, 1.82) is 0 Å². The minimum Gasteiger partial charge on any atom is -0.491 e. The number of aliphatic hydroxyl groups excluding tert-OH is 1. The Labute approximate surface area is 132 Å². The van der Waals surface area contributed by atoms with Gasteiger partial charge in [-0.2, -0.15) is 0 Å². The summed E-state index contributed by atoms with van der Waals surface area (Å²) in [5, 5.41) is 10.3. The summed E-state index contributed by atoms with van der Waals surface area (Å²) in [5.41, 5.74) is 0. The summed E-state index contributed by atoms with van der Waals surface area (Å²) in [5.74, 6) is 0.754. The average molecular weight is 313 g/mol. The van der Waals surface area contributed by atoms with Crippen molar-refractivity contribution in [2.45, 2.75) is 19.4 Å². The third kappa shape index (κ3) is 5.47. The first-order valence-electron chi connectivity index (χ1n) is 7.69.